The molecule has 1 aromatic carbocycles. The van der Waals surface area contributed by atoms with Gasteiger partial charge in [0.2, 0.25) is 11.8 Å². The molecule has 0 N–H and O–H groups in total. The Balaban J connectivity index is 2.16. The van der Waals surface area contributed by atoms with Crippen molar-refractivity contribution in [3.8, 4) is 0 Å². The second-order valence-corrected chi connectivity index (χ2v) is 5.52. The lowest BCUT2D eigenvalue weighted by Gasteiger charge is -2.32. The highest BCUT2D eigenvalue weighted by Gasteiger charge is 2.25. The van der Waals surface area contributed by atoms with Crippen LogP contribution in [0.3, 0.4) is 0 Å². The van der Waals surface area contributed by atoms with Gasteiger partial charge in [0.1, 0.15) is 6.54 Å². The Morgan fingerprint density at radius 3 is 2.65 bits per heavy atom. The van der Waals surface area contributed by atoms with Gasteiger partial charge in [-0.25, -0.2) is 0 Å². The molecule has 0 radical (unpaired) electrons. The van der Waals surface area contributed by atoms with Crippen LogP contribution < -0.4 is 4.90 Å². The van der Waals surface area contributed by atoms with Crippen LogP contribution >= 0.6 is 0 Å². The van der Waals surface area contributed by atoms with Crippen LogP contribution in [-0.4, -0.2) is 35.8 Å². The Bertz CT molecular complexity index is 511. The molecule has 0 aromatic heterocycles. The molecule has 1 heterocycles. The van der Waals surface area contributed by atoms with Crippen molar-refractivity contribution in [1.29, 1.82) is 0 Å². The molecule has 4 heteroatoms. The van der Waals surface area contributed by atoms with Crippen LogP contribution in [0, 0.1) is 0 Å². The summed E-state index contributed by atoms with van der Waals surface area (Å²) in [6.07, 6.45) is 1.99. The first-order valence-corrected chi connectivity index (χ1v) is 7.16. The molecule has 0 aliphatic carbocycles. The molecule has 0 unspecified atom stereocenters. The molecule has 2 rings (SSSR count). The average Bonchev–Trinajstić information content (AvgIpc) is 2.43. The largest absolute Gasteiger partial charge is 0.331 e. The maximum Gasteiger partial charge on any atom is 0.246 e. The fourth-order valence-electron chi connectivity index (χ4n) is 2.68. The second kappa shape index (κ2) is 6.07. The van der Waals surface area contributed by atoms with E-state index in [0.717, 1.165) is 25.1 Å². The van der Waals surface area contributed by atoms with Gasteiger partial charge in [-0.3, -0.25) is 9.59 Å². The molecular weight excluding hydrogens is 252 g/mol. The summed E-state index contributed by atoms with van der Waals surface area (Å²) < 4.78 is 0. The first kappa shape index (κ1) is 14.6. The highest BCUT2D eigenvalue weighted by molar-refractivity contribution is 5.97. The van der Waals surface area contributed by atoms with Crippen LogP contribution in [0.2, 0.25) is 0 Å². The molecule has 2 amide bonds. The summed E-state index contributed by atoms with van der Waals surface area (Å²) in [5.74, 6) is -0.0558. The third kappa shape index (κ3) is 3.00. The third-order valence-corrected chi connectivity index (χ3v) is 3.74. The zero-order valence-electron chi connectivity index (χ0n) is 12.4. The lowest BCUT2D eigenvalue weighted by Crippen LogP contribution is -2.46. The highest BCUT2D eigenvalue weighted by atomic mass is 16.2. The number of carbonyl (C=O) groups is 2. The van der Waals surface area contributed by atoms with Crippen LogP contribution in [0.15, 0.2) is 24.3 Å². The lowest BCUT2D eigenvalue weighted by molar-refractivity contribution is -0.135. The Kier molecular flexibility index (Phi) is 4.42. The second-order valence-electron chi connectivity index (χ2n) is 5.52. The summed E-state index contributed by atoms with van der Waals surface area (Å²) in [5, 5.41) is 0. The van der Waals surface area contributed by atoms with E-state index in [0.29, 0.717) is 0 Å². The van der Waals surface area contributed by atoms with Gasteiger partial charge in [0, 0.05) is 25.2 Å². The van der Waals surface area contributed by atoms with Crippen LogP contribution in [0.4, 0.5) is 5.69 Å². The molecule has 4 nitrogen and oxygen atoms in total. The molecule has 108 valence electrons. The number of nitrogens with zero attached hydrogens (tertiary/aromatic N) is 2. The highest BCUT2D eigenvalue weighted by Crippen LogP contribution is 2.26. The molecule has 1 aliphatic heterocycles. The molecular formula is C16H22N2O2. The number of hydrogen-bond acceptors (Lipinski definition) is 2. The lowest BCUT2D eigenvalue weighted by atomic mass is 10.0. The summed E-state index contributed by atoms with van der Waals surface area (Å²) in [6, 6.07) is 8.05. The van der Waals surface area contributed by atoms with Gasteiger partial charge in [0.05, 0.1) is 0 Å². The maximum absolute atomic E-state index is 12.5. The van der Waals surface area contributed by atoms with Crippen molar-refractivity contribution in [2.24, 2.45) is 0 Å². The number of rotatable bonds is 3. The van der Waals surface area contributed by atoms with Gasteiger partial charge >= 0.3 is 0 Å². The van der Waals surface area contributed by atoms with E-state index in [2.05, 4.69) is 6.07 Å². The third-order valence-electron chi connectivity index (χ3n) is 3.74. The zero-order chi connectivity index (χ0) is 14.7. The van der Waals surface area contributed by atoms with Crippen molar-refractivity contribution in [3.63, 3.8) is 0 Å². The monoisotopic (exact) mass is 274 g/mol. The van der Waals surface area contributed by atoms with E-state index in [1.54, 1.807) is 4.90 Å². The SMILES string of the molecule is CC(=O)N(CC(=O)N1CCCc2ccccc21)C(C)C. The van der Waals surface area contributed by atoms with E-state index in [4.69, 9.17) is 0 Å². The van der Waals surface area contributed by atoms with Crippen molar-refractivity contribution < 1.29 is 9.59 Å². The zero-order valence-corrected chi connectivity index (χ0v) is 12.4. The average molecular weight is 274 g/mol. The molecule has 0 spiro atoms. The smallest absolute Gasteiger partial charge is 0.246 e. The van der Waals surface area contributed by atoms with Crippen molar-refractivity contribution in [2.45, 2.75) is 39.7 Å². The topological polar surface area (TPSA) is 40.6 Å². The van der Waals surface area contributed by atoms with Crippen molar-refractivity contribution in [2.75, 3.05) is 18.0 Å². The Morgan fingerprint density at radius 2 is 2.00 bits per heavy atom. The molecule has 0 saturated carbocycles. The first-order chi connectivity index (χ1) is 9.50. The number of para-hydroxylation sites is 1. The van der Waals surface area contributed by atoms with E-state index >= 15 is 0 Å². The molecule has 0 atom stereocenters. The van der Waals surface area contributed by atoms with E-state index < -0.39 is 0 Å². The van der Waals surface area contributed by atoms with Crippen molar-refractivity contribution in [1.82, 2.24) is 4.90 Å². The fraction of sp³-hybridized carbons (Fsp3) is 0.500. The Labute approximate surface area is 120 Å². The van der Waals surface area contributed by atoms with Gasteiger partial charge in [-0.2, -0.15) is 0 Å². The number of aryl methyl sites for hydroxylation is 1. The number of carbonyl (C=O) groups excluding carboxylic acids is 2. The number of fused-ring (bicyclic) bond motifs is 1. The van der Waals surface area contributed by atoms with Crippen molar-refractivity contribution in [3.05, 3.63) is 29.8 Å². The van der Waals surface area contributed by atoms with Gasteiger partial charge in [0.15, 0.2) is 0 Å². The summed E-state index contributed by atoms with van der Waals surface area (Å²) in [5.41, 5.74) is 2.21. The predicted octanol–water partition coefficient (Wildman–Crippen LogP) is 2.22. The van der Waals surface area contributed by atoms with Crippen LogP contribution in [0.25, 0.3) is 0 Å². The number of hydrogen-bond donors (Lipinski definition) is 0. The van der Waals surface area contributed by atoms with Crippen molar-refractivity contribution >= 4 is 17.5 Å². The van der Waals surface area contributed by atoms with Gasteiger partial charge in [-0.15, -0.1) is 0 Å². The fourth-order valence-corrected chi connectivity index (χ4v) is 2.68. The number of anilines is 1. The minimum absolute atomic E-state index is 0.000972. The first-order valence-electron chi connectivity index (χ1n) is 7.16. The summed E-state index contributed by atoms with van der Waals surface area (Å²) in [7, 11) is 0. The summed E-state index contributed by atoms with van der Waals surface area (Å²) in [4.78, 5) is 27.5. The van der Waals surface area contributed by atoms with E-state index in [-0.39, 0.29) is 24.4 Å². The Morgan fingerprint density at radius 1 is 1.30 bits per heavy atom. The number of benzene rings is 1. The Hall–Kier alpha value is -1.84. The van der Waals surface area contributed by atoms with Crippen LogP contribution in [-0.2, 0) is 16.0 Å². The molecule has 1 aromatic rings. The molecule has 20 heavy (non-hydrogen) atoms. The molecule has 0 fully saturated rings. The minimum Gasteiger partial charge on any atom is -0.331 e. The maximum atomic E-state index is 12.5. The molecule has 1 aliphatic rings. The standard InChI is InChI=1S/C16H22N2O2/c1-12(2)18(13(3)19)11-16(20)17-10-6-8-14-7-4-5-9-15(14)17/h4-5,7,9,12H,6,8,10-11H2,1-3H3. The van der Waals surface area contributed by atoms with Gasteiger partial charge in [-0.05, 0) is 38.3 Å². The summed E-state index contributed by atoms with van der Waals surface area (Å²) >= 11 is 0. The number of amides is 2. The normalized spacial score (nSPS) is 14.1. The minimum atomic E-state index is -0.0568. The van der Waals surface area contributed by atoms with E-state index in [1.165, 1.54) is 12.5 Å². The van der Waals surface area contributed by atoms with Gasteiger partial charge < -0.3 is 9.80 Å². The quantitative estimate of drug-likeness (QED) is 0.848. The predicted molar refractivity (Wildman–Crippen MR) is 79.6 cm³/mol. The van der Waals surface area contributed by atoms with Crippen LogP contribution in [0.1, 0.15) is 32.8 Å². The molecule has 0 saturated heterocycles. The van der Waals surface area contributed by atoms with E-state index in [9.17, 15) is 9.59 Å². The van der Waals surface area contributed by atoms with Crippen LogP contribution in [0.5, 0.6) is 0 Å². The van der Waals surface area contributed by atoms with Gasteiger partial charge in [0.25, 0.3) is 0 Å². The van der Waals surface area contributed by atoms with E-state index in [1.807, 2.05) is 36.9 Å². The summed E-state index contributed by atoms with van der Waals surface area (Å²) in [6.45, 7) is 6.26. The molecule has 0 bridgehead atoms. The van der Waals surface area contributed by atoms with Gasteiger partial charge in [-0.1, -0.05) is 18.2 Å².